The highest BCUT2D eigenvalue weighted by Crippen LogP contribution is 2.37. The SMILES string of the molecule is COc1cc(/C=C/C(=O)NCCc2c[nH]c3ccc(O)cc23)cc(OC)c1O. The van der Waals surface area contributed by atoms with Crippen molar-refractivity contribution >= 4 is 22.9 Å². The van der Waals surface area contributed by atoms with Crippen LogP contribution in [0, 0.1) is 0 Å². The van der Waals surface area contributed by atoms with E-state index in [0.29, 0.717) is 18.5 Å². The quantitative estimate of drug-likeness (QED) is 0.471. The van der Waals surface area contributed by atoms with E-state index in [1.165, 1.54) is 20.3 Å². The molecule has 1 aromatic heterocycles. The molecule has 0 atom stereocenters. The predicted molar refractivity (Wildman–Crippen MR) is 107 cm³/mol. The molecule has 28 heavy (non-hydrogen) atoms. The zero-order chi connectivity index (χ0) is 20.1. The summed E-state index contributed by atoms with van der Waals surface area (Å²) in [5.41, 5.74) is 2.62. The van der Waals surface area contributed by atoms with Gasteiger partial charge in [-0.05, 0) is 54.0 Å². The van der Waals surface area contributed by atoms with Crippen molar-refractivity contribution in [2.24, 2.45) is 0 Å². The van der Waals surface area contributed by atoms with Crippen molar-refractivity contribution in [3.05, 3.63) is 53.7 Å². The van der Waals surface area contributed by atoms with Crippen LogP contribution >= 0.6 is 0 Å². The number of benzene rings is 2. The third-order valence-electron chi connectivity index (χ3n) is 4.37. The molecule has 0 fully saturated rings. The third kappa shape index (κ3) is 4.20. The average Bonchev–Trinajstić information content (AvgIpc) is 3.09. The van der Waals surface area contributed by atoms with E-state index in [0.717, 1.165) is 16.5 Å². The molecule has 7 nitrogen and oxygen atoms in total. The minimum absolute atomic E-state index is 0.0867. The summed E-state index contributed by atoms with van der Waals surface area (Å²) in [6.07, 6.45) is 5.53. The fraction of sp³-hybridized carbons (Fsp3) is 0.190. The minimum Gasteiger partial charge on any atom is -0.508 e. The van der Waals surface area contributed by atoms with Crippen molar-refractivity contribution in [2.45, 2.75) is 6.42 Å². The minimum atomic E-state index is -0.242. The van der Waals surface area contributed by atoms with Crippen molar-refractivity contribution in [3.8, 4) is 23.0 Å². The van der Waals surface area contributed by atoms with Crippen LogP contribution in [0.5, 0.6) is 23.0 Å². The zero-order valence-corrected chi connectivity index (χ0v) is 15.7. The van der Waals surface area contributed by atoms with Gasteiger partial charge in [0.25, 0.3) is 0 Å². The topological polar surface area (TPSA) is 104 Å². The lowest BCUT2D eigenvalue weighted by Crippen LogP contribution is -2.23. The van der Waals surface area contributed by atoms with Gasteiger partial charge >= 0.3 is 0 Å². The van der Waals surface area contributed by atoms with E-state index in [1.807, 2.05) is 12.3 Å². The Morgan fingerprint density at radius 3 is 2.54 bits per heavy atom. The van der Waals surface area contributed by atoms with E-state index >= 15 is 0 Å². The second-order valence-corrected chi connectivity index (χ2v) is 6.19. The van der Waals surface area contributed by atoms with E-state index < -0.39 is 0 Å². The number of carbonyl (C=O) groups excluding carboxylic acids is 1. The molecule has 0 aliphatic rings. The van der Waals surface area contributed by atoms with E-state index in [-0.39, 0.29) is 28.9 Å². The van der Waals surface area contributed by atoms with Crippen LogP contribution in [0.15, 0.2) is 42.6 Å². The molecule has 4 N–H and O–H groups in total. The molecule has 7 heteroatoms. The molecule has 0 aliphatic carbocycles. The van der Waals surface area contributed by atoms with Crippen LogP contribution in [0.2, 0.25) is 0 Å². The summed E-state index contributed by atoms with van der Waals surface area (Å²) >= 11 is 0. The summed E-state index contributed by atoms with van der Waals surface area (Å²) in [5.74, 6) is 0.411. The van der Waals surface area contributed by atoms with Gasteiger partial charge in [0.2, 0.25) is 11.7 Å². The van der Waals surface area contributed by atoms with E-state index in [1.54, 1.807) is 30.3 Å². The maximum atomic E-state index is 12.1. The Hall–Kier alpha value is -3.61. The number of phenolic OH excluding ortho intramolecular Hbond substituents is 2. The van der Waals surface area contributed by atoms with Gasteiger partial charge in [-0.2, -0.15) is 0 Å². The number of aromatic nitrogens is 1. The van der Waals surface area contributed by atoms with Crippen LogP contribution in [0.3, 0.4) is 0 Å². The van der Waals surface area contributed by atoms with E-state index in [2.05, 4.69) is 10.3 Å². The number of hydrogen-bond donors (Lipinski definition) is 4. The Kier molecular flexibility index (Phi) is 5.74. The summed E-state index contributed by atoms with van der Waals surface area (Å²) in [6.45, 7) is 0.452. The first-order chi connectivity index (χ1) is 13.5. The predicted octanol–water partition coefficient (Wildman–Crippen LogP) is 2.97. The van der Waals surface area contributed by atoms with Crippen molar-refractivity contribution in [1.82, 2.24) is 10.3 Å². The average molecular weight is 382 g/mol. The first-order valence-corrected chi connectivity index (χ1v) is 8.71. The number of fused-ring (bicyclic) bond motifs is 1. The van der Waals surface area contributed by atoms with Crippen LogP contribution in [-0.2, 0) is 11.2 Å². The van der Waals surface area contributed by atoms with Crippen LogP contribution in [0.25, 0.3) is 17.0 Å². The first-order valence-electron chi connectivity index (χ1n) is 8.71. The molecule has 1 amide bonds. The molecule has 0 saturated carbocycles. The molecule has 0 saturated heterocycles. The Labute approximate surface area is 162 Å². The summed E-state index contributed by atoms with van der Waals surface area (Å²) in [4.78, 5) is 15.2. The van der Waals surface area contributed by atoms with Crippen LogP contribution in [-0.4, -0.2) is 41.9 Å². The molecule has 3 aromatic rings. The molecule has 0 unspecified atom stereocenters. The third-order valence-corrected chi connectivity index (χ3v) is 4.37. The Bertz CT molecular complexity index is 998. The Balaban J connectivity index is 1.60. The van der Waals surface area contributed by atoms with Crippen molar-refractivity contribution in [2.75, 3.05) is 20.8 Å². The molecule has 0 spiro atoms. The fourth-order valence-corrected chi connectivity index (χ4v) is 2.93. The monoisotopic (exact) mass is 382 g/mol. The van der Waals surface area contributed by atoms with Crippen LogP contribution in [0.4, 0.5) is 0 Å². The van der Waals surface area contributed by atoms with E-state index in [9.17, 15) is 15.0 Å². The number of aromatic hydroxyl groups is 2. The highest BCUT2D eigenvalue weighted by molar-refractivity contribution is 5.92. The van der Waals surface area contributed by atoms with Gasteiger partial charge in [0.1, 0.15) is 5.75 Å². The van der Waals surface area contributed by atoms with Crippen molar-refractivity contribution < 1.29 is 24.5 Å². The van der Waals surface area contributed by atoms with Crippen LogP contribution < -0.4 is 14.8 Å². The number of carbonyl (C=O) groups is 1. The second-order valence-electron chi connectivity index (χ2n) is 6.19. The standard InChI is InChI=1S/C21H22N2O5/c1-27-18-9-13(10-19(28-2)21(18)26)3-6-20(25)22-8-7-14-12-23-17-5-4-15(24)11-16(14)17/h3-6,9-12,23-24,26H,7-8H2,1-2H3,(H,22,25)/b6-3+. The number of ether oxygens (including phenoxy) is 2. The highest BCUT2D eigenvalue weighted by atomic mass is 16.5. The number of phenols is 2. The lowest BCUT2D eigenvalue weighted by Gasteiger charge is -2.09. The molecule has 3 rings (SSSR count). The number of methoxy groups -OCH3 is 2. The summed E-state index contributed by atoms with van der Waals surface area (Å²) in [6, 6.07) is 8.37. The fourth-order valence-electron chi connectivity index (χ4n) is 2.93. The number of amides is 1. The second kappa shape index (κ2) is 8.39. The summed E-state index contributed by atoms with van der Waals surface area (Å²) in [5, 5.41) is 23.3. The number of aromatic amines is 1. The molecule has 2 aromatic carbocycles. The van der Waals surface area contributed by atoms with E-state index in [4.69, 9.17) is 9.47 Å². The Morgan fingerprint density at radius 2 is 1.86 bits per heavy atom. The van der Waals surface area contributed by atoms with Gasteiger partial charge in [-0.3, -0.25) is 4.79 Å². The number of hydrogen-bond acceptors (Lipinski definition) is 5. The molecule has 0 bridgehead atoms. The number of H-pyrrole nitrogens is 1. The number of rotatable bonds is 7. The van der Waals surface area contributed by atoms with Crippen molar-refractivity contribution in [1.29, 1.82) is 0 Å². The number of nitrogens with one attached hydrogen (secondary N) is 2. The zero-order valence-electron chi connectivity index (χ0n) is 15.7. The van der Waals surface area contributed by atoms with Gasteiger partial charge in [-0.1, -0.05) is 0 Å². The molecule has 146 valence electrons. The molecule has 0 radical (unpaired) electrons. The Morgan fingerprint density at radius 1 is 1.14 bits per heavy atom. The van der Waals surface area contributed by atoms with Gasteiger partial charge in [-0.15, -0.1) is 0 Å². The van der Waals surface area contributed by atoms with Gasteiger partial charge in [0, 0.05) is 29.7 Å². The van der Waals surface area contributed by atoms with Gasteiger partial charge in [0.15, 0.2) is 11.5 Å². The lowest BCUT2D eigenvalue weighted by molar-refractivity contribution is -0.116. The smallest absolute Gasteiger partial charge is 0.244 e. The normalized spacial score (nSPS) is 11.1. The summed E-state index contributed by atoms with van der Waals surface area (Å²) < 4.78 is 10.2. The lowest BCUT2D eigenvalue weighted by atomic mass is 10.1. The molecule has 0 aliphatic heterocycles. The molecule has 1 heterocycles. The summed E-state index contributed by atoms with van der Waals surface area (Å²) in [7, 11) is 2.89. The molecular weight excluding hydrogens is 360 g/mol. The maximum Gasteiger partial charge on any atom is 0.244 e. The van der Waals surface area contributed by atoms with Crippen LogP contribution in [0.1, 0.15) is 11.1 Å². The first kappa shape index (κ1) is 19.2. The largest absolute Gasteiger partial charge is 0.508 e. The van der Waals surface area contributed by atoms with Crippen molar-refractivity contribution in [3.63, 3.8) is 0 Å². The van der Waals surface area contributed by atoms with Gasteiger partial charge in [0.05, 0.1) is 14.2 Å². The maximum absolute atomic E-state index is 12.1. The van der Waals surface area contributed by atoms with Gasteiger partial charge in [-0.25, -0.2) is 0 Å². The van der Waals surface area contributed by atoms with Gasteiger partial charge < -0.3 is 30.0 Å². The highest BCUT2D eigenvalue weighted by Gasteiger charge is 2.10. The molecular formula is C21H22N2O5.